The number of amides is 5. The molecule has 0 radical (unpaired) electrons. The summed E-state index contributed by atoms with van der Waals surface area (Å²) in [7, 11) is -4.20. The lowest BCUT2D eigenvalue weighted by molar-refractivity contribution is -0.150. The van der Waals surface area contributed by atoms with Crippen LogP contribution in [0.1, 0.15) is 138 Å². The number of carbonyl (C=O) groups is 6. The minimum atomic E-state index is -4.20. The van der Waals surface area contributed by atoms with Gasteiger partial charge >= 0.3 is 5.97 Å². The molecule has 0 aromatic heterocycles. The second-order valence-electron chi connectivity index (χ2n) is 21.7. The number of nitrogens with two attached hydrogens (primary N) is 2. The SMILES string of the molecule is C=CCCC[C@H](N)C(=O)N[C@@H](Cc1cccc(CC(C)C)c1)C(=O)N1CCC[C@H]1C(=O)NC1(C(=O)N[C@@H](CCCN=C(N)NS(=O)(=O)c2c(C)c(C)c3c(c2C)CC(C)(C)O3)C(=O)N2CCC[C@H]2C(=O)O)CCC1. The van der Waals surface area contributed by atoms with Crippen LogP contribution in [0.25, 0.3) is 0 Å². The Kier molecular flexibility index (Phi) is 18.7. The highest BCUT2D eigenvalue weighted by atomic mass is 32.2. The van der Waals surface area contributed by atoms with E-state index in [1.54, 1.807) is 19.9 Å². The Labute approximate surface area is 436 Å². The van der Waals surface area contributed by atoms with Crippen LogP contribution in [0.3, 0.4) is 0 Å². The molecule has 1 saturated carbocycles. The molecule has 5 amide bonds. The van der Waals surface area contributed by atoms with Gasteiger partial charge in [0.05, 0.1) is 10.9 Å². The quantitative estimate of drug-likeness (QED) is 0.0361. The van der Waals surface area contributed by atoms with Crippen molar-refractivity contribution in [3.63, 3.8) is 0 Å². The molecule has 0 bridgehead atoms. The Balaban J connectivity index is 1.16. The topological polar surface area (TPSA) is 285 Å². The number of nitrogens with zero attached hydrogens (tertiary/aromatic N) is 3. The van der Waals surface area contributed by atoms with E-state index in [2.05, 4.69) is 46.1 Å². The number of aliphatic imine (C=N–C) groups is 1. The molecule has 5 atom stereocenters. The molecule has 3 fully saturated rings. The van der Waals surface area contributed by atoms with Crippen molar-refractivity contribution >= 4 is 51.5 Å². The van der Waals surface area contributed by atoms with Crippen molar-refractivity contribution in [3.05, 3.63) is 70.3 Å². The Morgan fingerprint density at radius 2 is 1.53 bits per heavy atom. The van der Waals surface area contributed by atoms with Crippen LogP contribution >= 0.6 is 0 Å². The summed E-state index contributed by atoms with van der Waals surface area (Å²) in [5.74, 6) is -3.17. The van der Waals surface area contributed by atoms with Crippen LogP contribution in [0.5, 0.6) is 5.75 Å². The molecule has 406 valence electrons. The number of hydrogen-bond acceptors (Lipinski definition) is 11. The van der Waals surface area contributed by atoms with E-state index in [1.165, 1.54) is 9.80 Å². The molecule has 2 saturated heterocycles. The Morgan fingerprint density at radius 1 is 0.892 bits per heavy atom. The van der Waals surface area contributed by atoms with Gasteiger partial charge in [-0.2, -0.15) is 0 Å². The highest BCUT2D eigenvalue weighted by Crippen LogP contribution is 2.44. The van der Waals surface area contributed by atoms with Gasteiger partial charge in [-0.3, -0.25) is 29.0 Å². The number of carboxylic acids is 1. The van der Waals surface area contributed by atoms with Gasteiger partial charge in [-0.15, -0.1) is 6.58 Å². The van der Waals surface area contributed by atoms with E-state index < -0.39 is 86.9 Å². The molecule has 0 spiro atoms. The zero-order chi connectivity index (χ0) is 54.3. The second kappa shape index (κ2) is 24.1. The van der Waals surface area contributed by atoms with Gasteiger partial charge in [0.2, 0.25) is 35.5 Å². The van der Waals surface area contributed by atoms with Crippen LogP contribution in [0.15, 0.2) is 46.8 Å². The predicted molar refractivity (Wildman–Crippen MR) is 282 cm³/mol. The number of benzene rings is 2. The van der Waals surface area contributed by atoms with E-state index in [-0.39, 0.29) is 69.0 Å². The van der Waals surface area contributed by atoms with E-state index in [0.717, 1.165) is 23.1 Å². The molecule has 9 N–H and O–H groups in total. The van der Waals surface area contributed by atoms with Crippen molar-refractivity contribution in [3.8, 4) is 5.75 Å². The molecule has 3 heterocycles. The van der Waals surface area contributed by atoms with Crippen molar-refractivity contribution in [1.29, 1.82) is 0 Å². The van der Waals surface area contributed by atoms with Gasteiger partial charge in [-0.1, -0.05) is 44.2 Å². The third-order valence-corrected chi connectivity index (χ3v) is 16.6. The molecule has 1 aliphatic carbocycles. The smallest absolute Gasteiger partial charge is 0.326 e. The van der Waals surface area contributed by atoms with Gasteiger partial charge in [0.25, 0.3) is 10.0 Å². The fraction of sp³-hybridized carbons (Fsp3) is 0.611. The Bertz CT molecular complexity index is 2610. The summed E-state index contributed by atoms with van der Waals surface area (Å²) in [5, 5.41) is 18.7. The van der Waals surface area contributed by atoms with Gasteiger partial charge in [0, 0.05) is 38.0 Å². The standard InChI is InChI=1S/C54H79N9O10S/c1-9-10-11-19-39(55)46(64)58-41(30-37-18-12-17-36(29-37)28-32(2)3)49(67)62-26-14-21-42(62)47(65)60-54(23-16-24-54)51(70)59-40(48(66)63-27-15-22-43(63)50(68)69)20-13-25-57-52(56)61-74(71,72)45-34(5)33(4)44-38(35(45)6)31-53(7,8)73-44/h9,12,17-18,29,32,39-43H,1,10-11,13-16,19-28,30-31,55H2,2-8H3,(H,58,64)(H,59,70)(H,60,65)(H,68,69)(H3,56,57,61)/t39-,40-,41-,42-,43-/m0/s1. The van der Waals surface area contributed by atoms with E-state index in [1.807, 2.05) is 45.0 Å². The largest absolute Gasteiger partial charge is 0.487 e. The van der Waals surface area contributed by atoms with E-state index in [9.17, 15) is 42.3 Å². The predicted octanol–water partition coefficient (Wildman–Crippen LogP) is 3.90. The number of unbranched alkanes of at least 4 members (excludes halogenated alkanes) is 1. The molecule has 4 aliphatic rings. The van der Waals surface area contributed by atoms with Crippen LogP contribution in [0, 0.1) is 26.7 Å². The summed E-state index contributed by atoms with van der Waals surface area (Å²) in [5.41, 5.74) is 15.1. The summed E-state index contributed by atoms with van der Waals surface area (Å²) in [6, 6.07) is 2.70. The summed E-state index contributed by atoms with van der Waals surface area (Å²) >= 11 is 0. The zero-order valence-corrected chi connectivity index (χ0v) is 45.1. The van der Waals surface area contributed by atoms with E-state index in [4.69, 9.17) is 16.2 Å². The first-order valence-electron chi connectivity index (χ1n) is 26.2. The fourth-order valence-corrected chi connectivity index (χ4v) is 12.4. The average molecular weight is 1050 g/mol. The number of rotatable bonds is 23. The third kappa shape index (κ3) is 13.4. The van der Waals surface area contributed by atoms with Gasteiger partial charge in [0.15, 0.2) is 0 Å². The van der Waals surface area contributed by atoms with Gasteiger partial charge < -0.3 is 47.1 Å². The van der Waals surface area contributed by atoms with E-state index in [0.29, 0.717) is 79.7 Å². The first kappa shape index (κ1) is 57.3. The number of hydrogen-bond donors (Lipinski definition) is 7. The summed E-state index contributed by atoms with van der Waals surface area (Å²) in [4.78, 5) is 90.5. The lowest BCUT2D eigenvalue weighted by atomic mass is 9.75. The number of ether oxygens (including phenoxy) is 1. The first-order valence-corrected chi connectivity index (χ1v) is 27.7. The summed E-state index contributed by atoms with van der Waals surface area (Å²) < 4.78 is 36.2. The van der Waals surface area contributed by atoms with Crippen LogP contribution in [0.4, 0.5) is 0 Å². The molecular formula is C54H79N9O10S. The second-order valence-corrected chi connectivity index (χ2v) is 23.4. The van der Waals surface area contributed by atoms with Gasteiger partial charge in [-0.25, -0.2) is 17.9 Å². The van der Waals surface area contributed by atoms with Crippen molar-refractivity contribution < 1.29 is 47.0 Å². The monoisotopic (exact) mass is 1050 g/mol. The van der Waals surface area contributed by atoms with Crippen LogP contribution in [-0.2, 0) is 58.1 Å². The minimum absolute atomic E-state index is 0.0186. The van der Waals surface area contributed by atoms with Crippen molar-refractivity contribution in [2.24, 2.45) is 22.4 Å². The number of carbonyl (C=O) groups excluding carboxylic acids is 5. The highest BCUT2D eigenvalue weighted by Gasteiger charge is 2.50. The van der Waals surface area contributed by atoms with Gasteiger partial charge in [-0.05, 0) is 152 Å². The van der Waals surface area contributed by atoms with Gasteiger partial charge in [0.1, 0.15) is 41.1 Å². The number of aliphatic carboxylic acids is 1. The molecule has 2 aromatic rings. The Morgan fingerprint density at radius 3 is 2.15 bits per heavy atom. The number of fused-ring (bicyclic) bond motifs is 1. The molecule has 0 unspecified atom stereocenters. The first-order chi connectivity index (χ1) is 34.9. The summed E-state index contributed by atoms with van der Waals surface area (Å²) in [6.07, 6.45) is 7.70. The number of allylic oxidation sites excluding steroid dienone is 1. The number of nitrogens with one attached hydrogen (secondary N) is 4. The number of carboxylic acid groups (broad SMARTS) is 1. The summed E-state index contributed by atoms with van der Waals surface area (Å²) in [6.45, 7) is 17.5. The average Bonchev–Trinajstić information content (AvgIpc) is 4.09. The maximum absolute atomic E-state index is 14.6. The zero-order valence-electron chi connectivity index (χ0n) is 44.3. The fourth-order valence-electron chi connectivity index (χ4n) is 10.8. The lowest BCUT2D eigenvalue weighted by Gasteiger charge is -2.43. The van der Waals surface area contributed by atoms with E-state index >= 15 is 0 Å². The highest BCUT2D eigenvalue weighted by molar-refractivity contribution is 7.90. The third-order valence-electron chi connectivity index (χ3n) is 14.9. The number of likely N-dealkylation sites (tertiary alicyclic amines) is 2. The molecule has 6 rings (SSSR count). The molecule has 3 aliphatic heterocycles. The Hall–Kier alpha value is -6.02. The maximum Gasteiger partial charge on any atom is 0.326 e. The van der Waals surface area contributed by atoms with Crippen molar-refractivity contribution in [1.82, 2.24) is 30.5 Å². The maximum atomic E-state index is 14.6. The molecule has 20 heteroatoms. The van der Waals surface area contributed by atoms with Crippen LogP contribution < -0.4 is 36.9 Å². The normalized spacial score (nSPS) is 20.1. The number of sulfonamides is 1. The molecule has 19 nitrogen and oxygen atoms in total. The van der Waals surface area contributed by atoms with Crippen molar-refractivity contribution in [2.75, 3.05) is 19.6 Å². The van der Waals surface area contributed by atoms with Crippen molar-refractivity contribution in [2.45, 2.75) is 191 Å². The minimum Gasteiger partial charge on any atom is -0.487 e. The molecule has 74 heavy (non-hydrogen) atoms. The number of guanidine groups is 1. The lowest BCUT2D eigenvalue weighted by Crippen LogP contribution is -2.67. The van der Waals surface area contributed by atoms with Crippen LogP contribution in [0.2, 0.25) is 0 Å². The molecular weight excluding hydrogens is 967 g/mol. The molecule has 2 aromatic carbocycles. The van der Waals surface area contributed by atoms with Crippen LogP contribution in [-0.4, -0.2) is 126 Å².